The summed E-state index contributed by atoms with van der Waals surface area (Å²) >= 11 is 1.56. The van der Waals surface area contributed by atoms with E-state index in [1.807, 2.05) is 24.5 Å². The van der Waals surface area contributed by atoms with E-state index in [1.54, 1.807) is 22.7 Å². The number of hydrogen-bond acceptors (Lipinski definition) is 5. The number of ether oxygens (including phenoxy) is 1. The van der Waals surface area contributed by atoms with Crippen LogP contribution < -0.4 is 10.6 Å². The molecule has 1 aromatic carbocycles. The second-order valence-corrected chi connectivity index (χ2v) is 6.91. The first-order valence-electron chi connectivity index (χ1n) is 8.56. The maximum atomic E-state index is 12.0. The number of fused-ring (bicyclic) bond motifs is 1. The fourth-order valence-corrected chi connectivity index (χ4v) is 3.22. The molecule has 1 aliphatic rings. The van der Waals surface area contributed by atoms with Crippen molar-refractivity contribution in [2.45, 2.75) is 37.8 Å². The molecule has 0 radical (unpaired) electrons. The molecule has 1 unspecified atom stereocenters. The fraction of sp³-hybridized carbons (Fsp3) is 0.444. The lowest BCUT2D eigenvalue weighted by molar-refractivity contribution is 0.117. The van der Waals surface area contributed by atoms with Crippen LogP contribution in [0.5, 0.6) is 0 Å². The Morgan fingerprint density at radius 3 is 2.84 bits per heavy atom. The molecule has 1 atom stereocenters. The lowest BCUT2D eigenvalue weighted by Gasteiger charge is -2.25. The maximum Gasteiger partial charge on any atom is 0.330 e. The monoisotopic (exact) mass is 360 g/mol. The number of aromatic nitrogens is 2. The van der Waals surface area contributed by atoms with Crippen molar-refractivity contribution in [2.75, 3.05) is 18.2 Å². The number of hydrogen-bond donors (Lipinski definition) is 2. The fourth-order valence-electron chi connectivity index (χ4n) is 2.77. The average Bonchev–Trinajstić information content (AvgIpc) is 3.05. The van der Waals surface area contributed by atoms with Crippen molar-refractivity contribution in [2.24, 2.45) is 0 Å². The van der Waals surface area contributed by atoms with Crippen LogP contribution in [0.4, 0.5) is 10.6 Å². The van der Waals surface area contributed by atoms with Crippen LogP contribution in [0.2, 0.25) is 0 Å². The Morgan fingerprint density at radius 2 is 2.04 bits per heavy atom. The molecule has 1 aliphatic heterocycles. The van der Waals surface area contributed by atoms with Crippen LogP contribution in [0.15, 0.2) is 36.7 Å². The normalized spacial score (nSPS) is 16.2. The van der Waals surface area contributed by atoms with Crippen molar-refractivity contribution in [3.05, 3.63) is 47.9 Å². The SMILES string of the molecule is CSC1NC(=O)n2cnc(CCCCCOCc3ccccc3)c2N1. The number of nitrogens with one attached hydrogen (secondary N) is 2. The Bertz CT molecular complexity index is 690. The number of nitrogens with zero attached hydrogens (tertiary/aromatic N) is 2. The number of unbranched alkanes of at least 4 members (excludes halogenated alkanes) is 2. The van der Waals surface area contributed by atoms with E-state index in [-0.39, 0.29) is 11.5 Å². The smallest absolute Gasteiger partial charge is 0.330 e. The van der Waals surface area contributed by atoms with Gasteiger partial charge in [0.25, 0.3) is 0 Å². The molecule has 7 heteroatoms. The van der Waals surface area contributed by atoms with Gasteiger partial charge in [0.2, 0.25) is 0 Å². The Morgan fingerprint density at radius 1 is 1.20 bits per heavy atom. The molecule has 2 heterocycles. The van der Waals surface area contributed by atoms with Crippen molar-refractivity contribution in [1.82, 2.24) is 14.9 Å². The number of amides is 1. The number of imidazole rings is 1. The lowest BCUT2D eigenvalue weighted by Crippen LogP contribution is -2.45. The van der Waals surface area contributed by atoms with Gasteiger partial charge in [-0.2, -0.15) is 0 Å². The summed E-state index contributed by atoms with van der Waals surface area (Å²) in [7, 11) is 0. The molecular formula is C18H24N4O2S. The Labute approximate surface area is 152 Å². The number of thioether (sulfide) groups is 1. The summed E-state index contributed by atoms with van der Waals surface area (Å²) in [5.74, 6) is 0.823. The Hall–Kier alpha value is -1.99. The van der Waals surface area contributed by atoms with E-state index < -0.39 is 0 Å². The molecule has 0 bridgehead atoms. The number of benzene rings is 1. The largest absolute Gasteiger partial charge is 0.377 e. The molecule has 0 aliphatic carbocycles. The minimum absolute atomic E-state index is 0.0955. The zero-order valence-corrected chi connectivity index (χ0v) is 15.2. The van der Waals surface area contributed by atoms with E-state index in [0.717, 1.165) is 43.8 Å². The Balaban J connectivity index is 1.36. The molecule has 3 rings (SSSR count). The first kappa shape index (κ1) is 17.8. The van der Waals surface area contributed by atoms with Gasteiger partial charge >= 0.3 is 6.03 Å². The van der Waals surface area contributed by atoms with Crippen molar-refractivity contribution >= 4 is 23.6 Å². The molecule has 0 spiro atoms. The lowest BCUT2D eigenvalue weighted by atomic mass is 10.1. The van der Waals surface area contributed by atoms with Gasteiger partial charge in [-0.15, -0.1) is 11.8 Å². The van der Waals surface area contributed by atoms with Crippen molar-refractivity contribution in [3.63, 3.8) is 0 Å². The topological polar surface area (TPSA) is 68.2 Å². The molecular weight excluding hydrogens is 336 g/mol. The molecule has 2 N–H and O–H groups in total. The minimum atomic E-state index is -0.124. The van der Waals surface area contributed by atoms with E-state index >= 15 is 0 Å². The molecule has 6 nitrogen and oxygen atoms in total. The van der Waals surface area contributed by atoms with Crippen molar-refractivity contribution in [3.8, 4) is 0 Å². The predicted molar refractivity (Wildman–Crippen MR) is 101 cm³/mol. The first-order chi connectivity index (χ1) is 12.3. The number of carbonyl (C=O) groups is 1. The van der Waals surface area contributed by atoms with Crippen LogP contribution in [0.25, 0.3) is 0 Å². The van der Waals surface area contributed by atoms with Gasteiger partial charge in [-0.3, -0.25) is 0 Å². The van der Waals surface area contributed by atoms with Gasteiger partial charge in [-0.05, 0) is 31.1 Å². The number of carbonyl (C=O) groups excluding carboxylic acids is 1. The highest BCUT2D eigenvalue weighted by molar-refractivity contribution is 7.99. The van der Waals surface area contributed by atoms with E-state index in [0.29, 0.717) is 6.61 Å². The summed E-state index contributed by atoms with van der Waals surface area (Å²) in [5.41, 5.74) is 2.07. The van der Waals surface area contributed by atoms with E-state index in [1.165, 1.54) is 5.56 Å². The highest BCUT2D eigenvalue weighted by Crippen LogP contribution is 2.23. The standard InChI is InChI=1S/C18H24N4O2S/c1-25-17-20-16-15(19-13-22(16)18(23)21-17)10-6-3-7-11-24-12-14-8-4-2-5-9-14/h2,4-5,8-9,13,17,20H,3,6-7,10-12H2,1H3,(H,21,23). The molecule has 1 amide bonds. The Kier molecular flexibility index (Phi) is 6.36. The minimum Gasteiger partial charge on any atom is -0.377 e. The third kappa shape index (κ3) is 4.76. The number of rotatable bonds is 9. The second-order valence-electron chi connectivity index (χ2n) is 5.97. The van der Waals surface area contributed by atoms with Crippen LogP contribution in [-0.2, 0) is 17.8 Å². The van der Waals surface area contributed by atoms with Crippen LogP contribution in [-0.4, -0.2) is 33.9 Å². The molecule has 0 saturated carbocycles. The van der Waals surface area contributed by atoms with Crippen LogP contribution in [0.1, 0.15) is 30.5 Å². The van der Waals surface area contributed by atoms with Gasteiger partial charge in [-0.25, -0.2) is 14.3 Å². The summed E-state index contributed by atoms with van der Waals surface area (Å²) in [6, 6.07) is 10.1. The van der Waals surface area contributed by atoms with Gasteiger partial charge in [0.1, 0.15) is 17.6 Å². The summed E-state index contributed by atoms with van der Waals surface area (Å²) < 4.78 is 7.25. The van der Waals surface area contributed by atoms with Gasteiger partial charge in [0, 0.05) is 6.61 Å². The summed E-state index contributed by atoms with van der Waals surface area (Å²) in [6.45, 7) is 1.44. The molecule has 0 saturated heterocycles. The van der Waals surface area contributed by atoms with Gasteiger partial charge in [0.15, 0.2) is 0 Å². The van der Waals surface area contributed by atoms with Gasteiger partial charge in [-0.1, -0.05) is 36.8 Å². The van der Waals surface area contributed by atoms with Gasteiger partial charge in [0.05, 0.1) is 12.3 Å². The molecule has 1 aromatic heterocycles. The highest BCUT2D eigenvalue weighted by Gasteiger charge is 2.25. The summed E-state index contributed by atoms with van der Waals surface area (Å²) in [4.78, 5) is 16.4. The van der Waals surface area contributed by atoms with Crippen molar-refractivity contribution in [1.29, 1.82) is 0 Å². The van der Waals surface area contributed by atoms with Crippen LogP contribution in [0.3, 0.4) is 0 Å². The maximum absolute atomic E-state index is 12.0. The average molecular weight is 360 g/mol. The predicted octanol–water partition coefficient (Wildman–Crippen LogP) is 3.44. The first-order valence-corrected chi connectivity index (χ1v) is 9.85. The zero-order valence-electron chi connectivity index (χ0n) is 14.4. The third-order valence-corrected chi connectivity index (χ3v) is 4.84. The summed E-state index contributed by atoms with van der Waals surface area (Å²) in [6.07, 6.45) is 7.56. The van der Waals surface area contributed by atoms with Crippen LogP contribution >= 0.6 is 11.8 Å². The zero-order chi connectivity index (χ0) is 17.5. The van der Waals surface area contributed by atoms with E-state index in [9.17, 15) is 4.79 Å². The molecule has 134 valence electrons. The van der Waals surface area contributed by atoms with E-state index in [4.69, 9.17) is 4.74 Å². The second kappa shape index (κ2) is 8.92. The number of anilines is 1. The third-order valence-electron chi connectivity index (χ3n) is 4.13. The van der Waals surface area contributed by atoms with E-state index in [2.05, 4.69) is 27.8 Å². The quantitative estimate of drug-likeness (QED) is 0.671. The van der Waals surface area contributed by atoms with Gasteiger partial charge < -0.3 is 15.4 Å². The van der Waals surface area contributed by atoms with Crippen LogP contribution in [0, 0.1) is 0 Å². The summed E-state index contributed by atoms with van der Waals surface area (Å²) in [5, 5.41) is 6.17. The molecule has 25 heavy (non-hydrogen) atoms. The number of aryl methyl sites for hydroxylation is 1. The molecule has 2 aromatic rings. The molecule has 0 fully saturated rings. The van der Waals surface area contributed by atoms with Crippen molar-refractivity contribution < 1.29 is 9.53 Å². The highest BCUT2D eigenvalue weighted by atomic mass is 32.2.